The Morgan fingerprint density at radius 1 is 0.969 bits per heavy atom. The van der Waals surface area contributed by atoms with Gasteiger partial charge in [-0.2, -0.15) is 8.42 Å². The Labute approximate surface area is 183 Å². The average molecular weight is 451 g/mol. The number of rotatable bonds is 5. The number of amides is 1. The molecule has 0 radical (unpaired) electrons. The molecule has 2 heterocycles. The number of nitrogens with one attached hydrogen (secondary N) is 2. The van der Waals surface area contributed by atoms with Gasteiger partial charge in [0.1, 0.15) is 4.90 Å². The standard InChI is InChI=1S/C21H17N5O5S/c1-13(19(27)25-21-22-11-4-12-23-21)31-20(28)14-7-9-15(10-8-14)24-18-16-5-2-3-6-17(16)32(29,30)26-18/h2-13H,1H3,(H,24,26)(H,22,23,25,27)/t13-/m1/s1. The molecule has 0 bridgehead atoms. The van der Waals surface area contributed by atoms with Gasteiger partial charge < -0.3 is 10.1 Å². The van der Waals surface area contributed by atoms with Crippen molar-refractivity contribution in [2.24, 2.45) is 4.40 Å². The molecule has 1 amide bonds. The number of esters is 1. The number of anilines is 2. The van der Waals surface area contributed by atoms with E-state index in [1.54, 1.807) is 36.4 Å². The van der Waals surface area contributed by atoms with Crippen LogP contribution in [0, 0.1) is 0 Å². The third-order valence-corrected chi connectivity index (χ3v) is 5.80. The molecular weight excluding hydrogens is 434 g/mol. The number of sulfonamides is 1. The lowest BCUT2D eigenvalue weighted by Crippen LogP contribution is -2.30. The summed E-state index contributed by atoms with van der Waals surface area (Å²) in [5.74, 6) is -0.958. The lowest BCUT2D eigenvalue weighted by molar-refractivity contribution is -0.123. The van der Waals surface area contributed by atoms with Gasteiger partial charge in [0.05, 0.1) is 5.56 Å². The molecule has 11 heteroatoms. The molecule has 0 saturated carbocycles. The zero-order valence-electron chi connectivity index (χ0n) is 16.7. The highest BCUT2D eigenvalue weighted by atomic mass is 32.2. The van der Waals surface area contributed by atoms with Gasteiger partial charge in [-0.15, -0.1) is 4.40 Å². The van der Waals surface area contributed by atoms with Crippen molar-refractivity contribution in [2.75, 3.05) is 10.6 Å². The van der Waals surface area contributed by atoms with E-state index in [2.05, 4.69) is 25.0 Å². The van der Waals surface area contributed by atoms with E-state index in [1.807, 2.05) is 0 Å². The monoisotopic (exact) mass is 451 g/mol. The van der Waals surface area contributed by atoms with E-state index in [0.29, 0.717) is 11.3 Å². The molecule has 0 fully saturated rings. The minimum Gasteiger partial charge on any atom is -0.449 e. The van der Waals surface area contributed by atoms with Crippen LogP contribution in [0.25, 0.3) is 0 Å². The highest BCUT2D eigenvalue weighted by molar-refractivity contribution is 7.90. The van der Waals surface area contributed by atoms with E-state index in [-0.39, 0.29) is 22.2 Å². The first-order chi connectivity index (χ1) is 15.3. The number of fused-ring (bicyclic) bond motifs is 1. The van der Waals surface area contributed by atoms with Crippen LogP contribution < -0.4 is 10.6 Å². The lowest BCUT2D eigenvalue weighted by atomic mass is 10.1. The molecule has 1 aliphatic rings. The molecule has 0 saturated heterocycles. The molecule has 4 rings (SSSR count). The average Bonchev–Trinajstić information content (AvgIpc) is 3.05. The molecule has 3 aromatic rings. The van der Waals surface area contributed by atoms with Crippen LogP contribution in [-0.4, -0.2) is 42.2 Å². The largest absolute Gasteiger partial charge is 0.449 e. The molecule has 32 heavy (non-hydrogen) atoms. The molecule has 2 N–H and O–H groups in total. The van der Waals surface area contributed by atoms with Crippen molar-refractivity contribution in [1.82, 2.24) is 9.97 Å². The molecule has 2 aromatic carbocycles. The summed E-state index contributed by atoms with van der Waals surface area (Å²) in [6.07, 6.45) is 1.87. The number of ether oxygens (including phenoxy) is 1. The van der Waals surface area contributed by atoms with Gasteiger partial charge in [-0.3, -0.25) is 10.1 Å². The summed E-state index contributed by atoms with van der Waals surface area (Å²) < 4.78 is 33.2. The lowest BCUT2D eigenvalue weighted by Gasteiger charge is -2.13. The van der Waals surface area contributed by atoms with Crippen LogP contribution >= 0.6 is 0 Å². The van der Waals surface area contributed by atoms with Gasteiger partial charge >= 0.3 is 5.97 Å². The highest BCUT2D eigenvalue weighted by Gasteiger charge is 2.28. The summed E-state index contributed by atoms with van der Waals surface area (Å²) in [5, 5.41) is 5.40. The Morgan fingerprint density at radius 3 is 2.38 bits per heavy atom. The maximum atomic E-state index is 12.4. The van der Waals surface area contributed by atoms with Crippen LogP contribution in [0.4, 0.5) is 11.6 Å². The van der Waals surface area contributed by atoms with E-state index in [9.17, 15) is 18.0 Å². The van der Waals surface area contributed by atoms with Gasteiger partial charge in [0.25, 0.3) is 15.9 Å². The molecular formula is C21H17N5O5S. The number of carbonyl (C=O) groups is 2. The van der Waals surface area contributed by atoms with Gasteiger partial charge in [0.15, 0.2) is 11.9 Å². The van der Waals surface area contributed by atoms with E-state index in [1.165, 1.54) is 37.5 Å². The Bertz CT molecular complexity index is 1310. The molecule has 0 aliphatic carbocycles. The minimum absolute atomic E-state index is 0.106. The van der Waals surface area contributed by atoms with Crippen LogP contribution in [0.3, 0.4) is 0 Å². The summed E-state index contributed by atoms with van der Waals surface area (Å²) in [4.78, 5) is 32.4. The predicted molar refractivity (Wildman–Crippen MR) is 116 cm³/mol. The highest BCUT2D eigenvalue weighted by Crippen LogP contribution is 2.26. The number of hydrogen-bond acceptors (Lipinski definition) is 8. The fourth-order valence-corrected chi connectivity index (χ4v) is 4.06. The Hall–Kier alpha value is -4.12. The second-order valence-electron chi connectivity index (χ2n) is 6.72. The van der Waals surface area contributed by atoms with Gasteiger partial charge in [-0.25, -0.2) is 14.8 Å². The van der Waals surface area contributed by atoms with Crippen molar-refractivity contribution >= 4 is 39.4 Å². The van der Waals surface area contributed by atoms with Crippen LogP contribution in [0.2, 0.25) is 0 Å². The number of amidine groups is 1. The van der Waals surface area contributed by atoms with E-state index >= 15 is 0 Å². The molecule has 10 nitrogen and oxygen atoms in total. The fraction of sp³-hybridized carbons (Fsp3) is 0.0952. The number of hydrogen-bond donors (Lipinski definition) is 2. The second-order valence-corrected chi connectivity index (χ2v) is 8.30. The zero-order valence-corrected chi connectivity index (χ0v) is 17.5. The first kappa shape index (κ1) is 21.1. The third kappa shape index (κ3) is 4.47. The molecule has 0 spiro atoms. The third-order valence-electron chi connectivity index (χ3n) is 4.47. The summed E-state index contributed by atoms with van der Waals surface area (Å²) in [7, 11) is -3.74. The maximum absolute atomic E-state index is 12.4. The van der Waals surface area contributed by atoms with E-state index < -0.39 is 28.0 Å². The van der Waals surface area contributed by atoms with Gasteiger partial charge in [0.2, 0.25) is 5.95 Å². The van der Waals surface area contributed by atoms with Crippen molar-refractivity contribution in [3.8, 4) is 0 Å². The van der Waals surface area contributed by atoms with Crippen molar-refractivity contribution in [1.29, 1.82) is 0 Å². The van der Waals surface area contributed by atoms with Crippen molar-refractivity contribution < 1.29 is 22.7 Å². The first-order valence-electron chi connectivity index (χ1n) is 9.44. The number of benzene rings is 2. The Balaban J connectivity index is 1.39. The smallest absolute Gasteiger partial charge is 0.338 e. The number of carbonyl (C=O) groups excluding carboxylic acids is 2. The fourth-order valence-electron chi connectivity index (χ4n) is 2.88. The summed E-state index contributed by atoms with van der Waals surface area (Å²) in [6.45, 7) is 1.43. The van der Waals surface area contributed by atoms with Crippen molar-refractivity contribution in [3.05, 3.63) is 78.1 Å². The number of nitrogens with zero attached hydrogens (tertiary/aromatic N) is 3. The maximum Gasteiger partial charge on any atom is 0.338 e. The second kappa shape index (κ2) is 8.55. The SMILES string of the molecule is C[C@@H](OC(=O)c1ccc(NC2=NS(=O)(=O)c3ccccc32)cc1)C(=O)Nc1ncccn1. The Morgan fingerprint density at radius 2 is 1.66 bits per heavy atom. The predicted octanol–water partition coefficient (Wildman–Crippen LogP) is 2.22. The van der Waals surface area contributed by atoms with E-state index in [0.717, 1.165) is 0 Å². The topological polar surface area (TPSA) is 140 Å². The summed E-state index contributed by atoms with van der Waals surface area (Å²) in [5.41, 5.74) is 1.21. The normalized spacial score (nSPS) is 14.6. The Kier molecular flexibility index (Phi) is 5.65. The molecule has 1 aliphatic heterocycles. The van der Waals surface area contributed by atoms with Gasteiger partial charge in [-0.1, -0.05) is 12.1 Å². The molecule has 1 aromatic heterocycles. The summed E-state index contributed by atoms with van der Waals surface area (Å²) in [6, 6.07) is 14.2. The van der Waals surface area contributed by atoms with E-state index in [4.69, 9.17) is 4.74 Å². The summed E-state index contributed by atoms with van der Waals surface area (Å²) >= 11 is 0. The van der Waals surface area contributed by atoms with Crippen molar-refractivity contribution in [3.63, 3.8) is 0 Å². The first-order valence-corrected chi connectivity index (χ1v) is 10.9. The minimum atomic E-state index is -3.74. The van der Waals surface area contributed by atoms with Crippen LogP contribution in [-0.2, 0) is 19.6 Å². The van der Waals surface area contributed by atoms with Crippen LogP contribution in [0.1, 0.15) is 22.8 Å². The van der Waals surface area contributed by atoms with Crippen LogP contribution in [0.15, 0.2) is 76.3 Å². The zero-order chi connectivity index (χ0) is 22.7. The van der Waals surface area contributed by atoms with Crippen molar-refractivity contribution in [2.45, 2.75) is 17.9 Å². The number of aromatic nitrogens is 2. The molecule has 1 atom stereocenters. The quantitative estimate of drug-likeness (QED) is 0.563. The molecule has 0 unspecified atom stereocenters. The van der Waals surface area contributed by atoms with Gasteiger partial charge in [-0.05, 0) is 49.4 Å². The molecule has 162 valence electrons. The van der Waals surface area contributed by atoms with Crippen LogP contribution in [0.5, 0.6) is 0 Å². The van der Waals surface area contributed by atoms with Gasteiger partial charge in [0, 0.05) is 23.6 Å².